The Labute approximate surface area is 163 Å². The second-order valence-corrected chi connectivity index (χ2v) is 6.58. The average Bonchev–Trinajstić information content (AvgIpc) is 3.15. The predicted molar refractivity (Wildman–Crippen MR) is 98.7 cm³/mol. The lowest BCUT2D eigenvalue weighted by Gasteiger charge is -2.31. The zero-order valence-corrected chi connectivity index (χ0v) is 16.0. The number of amides is 2. The molecule has 0 radical (unpaired) electrons. The fourth-order valence-electron chi connectivity index (χ4n) is 3.04. The highest BCUT2D eigenvalue weighted by Gasteiger charge is 2.27. The summed E-state index contributed by atoms with van der Waals surface area (Å²) < 4.78 is 15.7. The van der Waals surface area contributed by atoms with Crippen molar-refractivity contribution in [3.05, 3.63) is 36.0 Å². The SMILES string of the molecule is COc1cccc(OCC(=O)N2CCC(C(=O)NCc3nc(C)no3)CC2)c1. The van der Waals surface area contributed by atoms with Gasteiger partial charge in [0.05, 0.1) is 13.7 Å². The molecule has 1 N–H and O–H groups in total. The average molecular weight is 388 g/mol. The minimum absolute atomic E-state index is 0.0411. The lowest BCUT2D eigenvalue weighted by molar-refractivity contribution is -0.137. The molecular weight excluding hydrogens is 364 g/mol. The van der Waals surface area contributed by atoms with Crippen LogP contribution in [-0.2, 0) is 16.1 Å². The number of likely N-dealkylation sites (tertiary alicyclic amines) is 1. The lowest BCUT2D eigenvalue weighted by Crippen LogP contribution is -2.44. The molecule has 2 aromatic rings. The van der Waals surface area contributed by atoms with Gasteiger partial charge in [0.2, 0.25) is 11.8 Å². The Morgan fingerprint density at radius 3 is 2.71 bits per heavy atom. The first-order valence-electron chi connectivity index (χ1n) is 9.16. The maximum absolute atomic E-state index is 12.4. The Hall–Kier alpha value is -3.10. The number of aromatic nitrogens is 2. The quantitative estimate of drug-likeness (QED) is 0.762. The first-order valence-corrected chi connectivity index (χ1v) is 9.16. The predicted octanol–water partition coefficient (Wildman–Crippen LogP) is 1.32. The van der Waals surface area contributed by atoms with Crippen LogP contribution < -0.4 is 14.8 Å². The lowest BCUT2D eigenvalue weighted by atomic mass is 9.96. The summed E-state index contributed by atoms with van der Waals surface area (Å²) in [7, 11) is 1.58. The highest BCUT2D eigenvalue weighted by molar-refractivity contribution is 5.80. The van der Waals surface area contributed by atoms with Crippen molar-refractivity contribution in [1.82, 2.24) is 20.4 Å². The molecule has 0 unspecified atom stereocenters. The summed E-state index contributed by atoms with van der Waals surface area (Å²) in [5.74, 6) is 1.89. The van der Waals surface area contributed by atoms with Crippen LogP contribution in [0.15, 0.2) is 28.8 Å². The number of hydrogen-bond acceptors (Lipinski definition) is 7. The van der Waals surface area contributed by atoms with Gasteiger partial charge in [-0.3, -0.25) is 9.59 Å². The van der Waals surface area contributed by atoms with E-state index in [2.05, 4.69) is 15.5 Å². The van der Waals surface area contributed by atoms with Crippen molar-refractivity contribution in [1.29, 1.82) is 0 Å². The smallest absolute Gasteiger partial charge is 0.260 e. The second kappa shape index (κ2) is 9.20. The number of ether oxygens (including phenoxy) is 2. The largest absolute Gasteiger partial charge is 0.497 e. The van der Waals surface area contributed by atoms with Crippen LogP contribution in [0.3, 0.4) is 0 Å². The summed E-state index contributed by atoms with van der Waals surface area (Å²) >= 11 is 0. The van der Waals surface area contributed by atoms with E-state index in [0.717, 1.165) is 0 Å². The standard InChI is InChI=1S/C19H24N4O5/c1-13-21-17(28-22-13)11-20-19(25)14-6-8-23(9-7-14)18(24)12-27-16-5-3-4-15(10-16)26-2/h3-5,10,14H,6-9,11-12H2,1-2H3,(H,20,25). The first kappa shape index (κ1) is 19.7. The van der Waals surface area contributed by atoms with Crippen molar-refractivity contribution in [3.8, 4) is 11.5 Å². The molecule has 1 saturated heterocycles. The molecule has 1 aliphatic heterocycles. The molecule has 0 saturated carbocycles. The number of aryl methyl sites for hydroxylation is 1. The Kier molecular flexibility index (Phi) is 6.46. The summed E-state index contributed by atoms with van der Waals surface area (Å²) in [5.41, 5.74) is 0. The van der Waals surface area contributed by atoms with E-state index in [1.165, 1.54) is 0 Å². The number of piperidine rings is 1. The number of nitrogens with zero attached hydrogens (tertiary/aromatic N) is 3. The van der Waals surface area contributed by atoms with Crippen LogP contribution in [0.2, 0.25) is 0 Å². The Balaban J connectivity index is 1.40. The second-order valence-electron chi connectivity index (χ2n) is 6.58. The fourth-order valence-corrected chi connectivity index (χ4v) is 3.04. The van der Waals surface area contributed by atoms with E-state index in [1.807, 2.05) is 6.07 Å². The minimum Gasteiger partial charge on any atom is -0.497 e. The molecule has 2 heterocycles. The molecule has 0 atom stereocenters. The third-order valence-electron chi connectivity index (χ3n) is 4.61. The van der Waals surface area contributed by atoms with Gasteiger partial charge in [0.25, 0.3) is 5.91 Å². The molecule has 150 valence electrons. The van der Waals surface area contributed by atoms with Gasteiger partial charge in [-0.05, 0) is 31.9 Å². The van der Waals surface area contributed by atoms with Crippen LogP contribution in [-0.4, -0.2) is 53.7 Å². The maximum Gasteiger partial charge on any atom is 0.260 e. The number of benzene rings is 1. The van der Waals surface area contributed by atoms with Gasteiger partial charge in [0, 0.05) is 25.1 Å². The van der Waals surface area contributed by atoms with Gasteiger partial charge in [-0.2, -0.15) is 4.98 Å². The van der Waals surface area contributed by atoms with Gasteiger partial charge in [-0.15, -0.1) is 0 Å². The van der Waals surface area contributed by atoms with E-state index in [1.54, 1.807) is 37.1 Å². The third-order valence-corrected chi connectivity index (χ3v) is 4.61. The molecule has 0 bridgehead atoms. The van der Waals surface area contributed by atoms with Crippen LogP contribution >= 0.6 is 0 Å². The van der Waals surface area contributed by atoms with E-state index in [-0.39, 0.29) is 30.9 Å². The summed E-state index contributed by atoms with van der Waals surface area (Å²) in [6.07, 6.45) is 1.22. The number of nitrogens with one attached hydrogen (secondary N) is 1. The normalized spacial score (nSPS) is 14.6. The number of carbonyl (C=O) groups excluding carboxylic acids is 2. The van der Waals surface area contributed by atoms with Crippen molar-refractivity contribution >= 4 is 11.8 Å². The number of hydrogen-bond donors (Lipinski definition) is 1. The van der Waals surface area contributed by atoms with Crippen molar-refractivity contribution in [3.63, 3.8) is 0 Å². The van der Waals surface area contributed by atoms with E-state index in [0.29, 0.717) is 49.1 Å². The molecule has 9 heteroatoms. The topological polar surface area (TPSA) is 107 Å². The van der Waals surface area contributed by atoms with Crippen LogP contribution in [0.1, 0.15) is 24.6 Å². The molecule has 1 aliphatic rings. The Morgan fingerprint density at radius 1 is 1.29 bits per heavy atom. The van der Waals surface area contributed by atoms with Gasteiger partial charge in [-0.1, -0.05) is 11.2 Å². The highest BCUT2D eigenvalue weighted by Crippen LogP contribution is 2.20. The molecule has 28 heavy (non-hydrogen) atoms. The Bertz CT molecular complexity index is 814. The van der Waals surface area contributed by atoms with Crippen LogP contribution in [0.25, 0.3) is 0 Å². The molecule has 3 rings (SSSR count). The van der Waals surface area contributed by atoms with Crippen molar-refractivity contribution in [2.75, 3.05) is 26.8 Å². The van der Waals surface area contributed by atoms with Crippen molar-refractivity contribution in [2.45, 2.75) is 26.3 Å². The molecule has 9 nitrogen and oxygen atoms in total. The summed E-state index contributed by atoms with van der Waals surface area (Å²) in [5, 5.41) is 6.49. The summed E-state index contributed by atoms with van der Waals surface area (Å²) in [6.45, 7) is 2.95. The van der Waals surface area contributed by atoms with E-state index >= 15 is 0 Å². The first-order chi connectivity index (χ1) is 13.5. The maximum atomic E-state index is 12.4. The van der Waals surface area contributed by atoms with Crippen LogP contribution in [0.5, 0.6) is 11.5 Å². The molecular formula is C19H24N4O5. The molecule has 1 aromatic carbocycles. The van der Waals surface area contributed by atoms with E-state index in [4.69, 9.17) is 14.0 Å². The van der Waals surface area contributed by atoms with Gasteiger partial charge in [0.1, 0.15) is 11.5 Å². The zero-order valence-electron chi connectivity index (χ0n) is 16.0. The third kappa shape index (κ3) is 5.21. The Morgan fingerprint density at radius 2 is 2.04 bits per heavy atom. The van der Waals surface area contributed by atoms with Crippen molar-refractivity contribution in [2.24, 2.45) is 5.92 Å². The van der Waals surface area contributed by atoms with Gasteiger partial charge < -0.3 is 24.2 Å². The van der Waals surface area contributed by atoms with Gasteiger partial charge in [0.15, 0.2) is 12.4 Å². The fraction of sp³-hybridized carbons (Fsp3) is 0.474. The summed E-state index contributed by atoms with van der Waals surface area (Å²) in [4.78, 5) is 30.4. The van der Waals surface area contributed by atoms with Crippen LogP contribution in [0.4, 0.5) is 0 Å². The summed E-state index contributed by atoms with van der Waals surface area (Å²) in [6, 6.07) is 7.12. The molecule has 2 amide bonds. The molecule has 1 aromatic heterocycles. The molecule has 0 aliphatic carbocycles. The zero-order chi connectivity index (χ0) is 19.9. The monoisotopic (exact) mass is 388 g/mol. The van der Waals surface area contributed by atoms with Crippen molar-refractivity contribution < 1.29 is 23.6 Å². The number of rotatable bonds is 7. The van der Waals surface area contributed by atoms with Gasteiger partial charge >= 0.3 is 0 Å². The van der Waals surface area contributed by atoms with E-state index < -0.39 is 0 Å². The van der Waals surface area contributed by atoms with Crippen LogP contribution in [0, 0.1) is 12.8 Å². The minimum atomic E-state index is -0.132. The van der Waals surface area contributed by atoms with Gasteiger partial charge in [-0.25, -0.2) is 0 Å². The number of carbonyl (C=O) groups is 2. The molecule has 0 spiro atoms. The number of methoxy groups -OCH3 is 1. The van der Waals surface area contributed by atoms with E-state index in [9.17, 15) is 9.59 Å². The highest BCUT2D eigenvalue weighted by atomic mass is 16.5. The molecule has 1 fully saturated rings.